The van der Waals surface area contributed by atoms with Gasteiger partial charge >= 0.3 is 5.97 Å². The van der Waals surface area contributed by atoms with E-state index in [0.717, 1.165) is 21.4 Å². The molecule has 8 heteroatoms. The van der Waals surface area contributed by atoms with Crippen molar-refractivity contribution in [3.63, 3.8) is 0 Å². The van der Waals surface area contributed by atoms with Gasteiger partial charge in [-0.05, 0) is 59.1 Å². The number of rotatable bonds is 6. The molecule has 1 N–H and O–H groups in total. The first-order valence-electron chi connectivity index (χ1n) is 7.94. The Morgan fingerprint density at radius 3 is 2.74 bits per heavy atom. The average Bonchev–Trinajstić information content (AvgIpc) is 2.95. The van der Waals surface area contributed by atoms with E-state index in [1.54, 1.807) is 33.1 Å². The maximum absolute atomic E-state index is 12.2. The number of carbonyl (C=O) groups excluding carboxylic acids is 2. The number of anilines is 1. The minimum absolute atomic E-state index is 0.236. The molecule has 6 nitrogen and oxygen atoms in total. The van der Waals surface area contributed by atoms with E-state index in [1.165, 1.54) is 6.08 Å². The Morgan fingerprint density at radius 1 is 1.41 bits per heavy atom. The van der Waals surface area contributed by atoms with Crippen LogP contribution in [0.4, 0.5) is 5.00 Å². The fourth-order valence-electron chi connectivity index (χ4n) is 2.24. The third kappa shape index (κ3) is 4.96. The topological polar surface area (TPSA) is 88.4 Å². The minimum atomic E-state index is -0.504. The molecule has 1 aromatic carbocycles. The third-order valence-electron chi connectivity index (χ3n) is 3.56. The highest BCUT2D eigenvalue weighted by molar-refractivity contribution is 9.10. The van der Waals surface area contributed by atoms with E-state index in [9.17, 15) is 14.9 Å². The predicted molar refractivity (Wildman–Crippen MR) is 108 cm³/mol. The van der Waals surface area contributed by atoms with Crippen LogP contribution in [0.5, 0.6) is 5.75 Å². The van der Waals surface area contributed by atoms with Crippen molar-refractivity contribution in [2.75, 3.05) is 19.0 Å². The number of amides is 1. The second-order valence-corrected chi connectivity index (χ2v) is 7.18. The Balaban J connectivity index is 2.18. The predicted octanol–water partition coefficient (Wildman–Crippen LogP) is 4.53. The molecule has 0 radical (unpaired) electrons. The maximum Gasteiger partial charge on any atom is 0.348 e. The van der Waals surface area contributed by atoms with Crippen LogP contribution in [-0.4, -0.2) is 25.6 Å². The van der Waals surface area contributed by atoms with Crippen LogP contribution in [0.3, 0.4) is 0 Å². The van der Waals surface area contributed by atoms with Gasteiger partial charge in [-0.1, -0.05) is 6.07 Å². The van der Waals surface area contributed by atoms with E-state index >= 15 is 0 Å². The molecule has 0 atom stereocenters. The van der Waals surface area contributed by atoms with Gasteiger partial charge in [0.25, 0.3) is 0 Å². The van der Waals surface area contributed by atoms with Gasteiger partial charge in [-0.2, -0.15) is 5.26 Å². The van der Waals surface area contributed by atoms with Gasteiger partial charge in [-0.15, -0.1) is 11.3 Å². The zero-order valence-electron chi connectivity index (χ0n) is 15.0. The summed E-state index contributed by atoms with van der Waals surface area (Å²) in [5, 5.41) is 12.3. The summed E-state index contributed by atoms with van der Waals surface area (Å²) < 4.78 is 10.9. The Bertz CT molecular complexity index is 944. The number of hydrogen-bond acceptors (Lipinski definition) is 6. The summed E-state index contributed by atoms with van der Waals surface area (Å²) in [4.78, 5) is 24.5. The van der Waals surface area contributed by atoms with Crippen molar-refractivity contribution in [3.05, 3.63) is 50.3 Å². The number of nitriles is 1. The second-order valence-electron chi connectivity index (χ2n) is 5.31. The second kappa shape index (κ2) is 9.35. The molecule has 0 unspecified atom stereocenters. The van der Waals surface area contributed by atoms with Crippen molar-refractivity contribution in [2.24, 2.45) is 0 Å². The fraction of sp³-hybridized carbons (Fsp3) is 0.211. The number of thiophene rings is 1. The molecule has 0 fully saturated rings. The van der Waals surface area contributed by atoms with Crippen molar-refractivity contribution in [1.82, 2.24) is 0 Å². The zero-order chi connectivity index (χ0) is 20.0. The lowest BCUT2D eigenvalue weighted by molar-refractivity contribution is -0.111. The zero-order valence-corrected chi connectivity index (χ0v) is 17.4. The molecule has 140 valence electrons. The van der Waals surface area contributed by atoms with Crippen LogP contribution in [0.2, 0.25) is 0 Å². The van der Waals surface area contributed by atoms with Crippen molar-refractivity contribution >= 4 is 50.2 Å². The lowest BCUT2D eigenvalue weighted by Gasteiger charge is -2.03. The number of hydrogen-bond donors (Lipinski definition) is 1. The van der Waals surface area contributed by atoms with Crippen LogP contribution in [0.15, 0.2) is 28.7 Å². The molecule has 0 spiro atoms. The van der Waals surface area contributed by atoms with Crippen molar-refractivity contribution < 1.29 is 19.1 Å². The monoisotopic (exact) mass is 448 g/mol. The lowest BCUT2D eigenvalue weighted by atomic mass is 10.1. The van der Waals surface area contributed by atoms with Gasteiger partial charge in [-0.25, -0.2) is 4.79 Å². The molecule has 2 rings (SSSR count). The van der Waals surface area contributed by atoms with Gasteiger partial charge in [0.15, 0.2) is 0 Å². The molecule has 1 amide bonds. The normalized spacial score (nSPS) is 10.5. The van der Waals surface area contributed by atoms with Crippen LogP contribution in [-0.2, 0) is 9.53 Å². The van der Waals surface area contributed by atoms with E-state index < -0.39 is 11.9 Å². The first kappa shape index (κ1) is 20.7. The van der Waals surface area contributed by atoms with Gasteiger partial charge in [0, 0.05) is 6.08 Å². The molecule has 2 aromatic rings. The first-order valence-corrected chi connectivity index (χ1v) is 9.55. The summed E-state index contributed by atoms with van der Waals surface area (Å²) in [5.41, 5.74) is 1.56. The molecule has 0 saturated carbocycles. The smallest absolute Gasteiger partial charge is 0.348 e. The molecular weight excluding hydrogens is 432 g/mol. The summed E-state index contributed by atoms with van der Waals surface area (Å²) in [6.45, 7) is 3.60. The summed E-state index contributed by atoms with van der Waals surface area (Å²) in [5.74, 6) is -0.221. The molecule has 0 bridgehead atoms. The van der Waals surface area contributed by atoms with E-state index in [0.29, 0.717) is 21.2 Å². The number of esters is 1. The van der Waals surface area contributed by atoms with Crippen molar-refractivity contribution in [2.45, 2.75) is 13.8 Å². The van der Waals surface area contributed by atoms with Crippen LogP contribution in [0, 0.1) is 18.3 Å². The Labute approximate surface area is 169 Å². The van der Waals surface area contributed by atoms with Gasteiger partial charge in [0.05, 0.1) is 23.8 Å². The van der Waals surface area contributed by atoms with Crippen LogP contribution < -0.4 is 10.1 Å². The average molecular weight is 449 g/mol. The highest BCUT2D eigenvalue weighted by atomic mass is 79.9. The van der Waals surface area contributed by atoms with Gasteiger partial charge in [0.2, 0.25) is 5.91 Å². The highest BCUT2D eigenvalue weighted by Gasteiger charge is 2.21. The number of ether oxygens (including phenoxy) is 2. The van der Waals surface area contributed by atoms with Gasteiger partial charge in [-0.3, -0.25) is 4.79 Å². The minimum Gasteiger partial charge on any atom is -0.496 e. The summed E-state index contributed by atoms with van der Waals surface area (Å²) in [6.07, 6.45) is 2.99. The molecule has 1 aromatic heterocycles. The number of nitrogens with one attached hydrogen (secondary N) is 1. The molecule has 27 heavy (non-hydrogen) atoms. The van der Waals surface area contributed by atoms with Gasteiger partial charge in [0.1, 0.15) is 21.7 Å². The molecule has 0 aliphatic heterocycles. The largest absolute Gasteiger partial charge is 0.496 e. The maximum atomic E-state index is 12.2. The number of methoxy groups -OCH3 is 1. The number of carbonyl (C=O) groups is 2. The quantitative estimate of drug-likeness (QED) is 0.517. The lowest BCUT2D eigenvalue weighted by Crippen LogP contribution is -2.07. The number of halogens is 1. The van der Waals surface area contributed by atoms with E-state index in [2.05, 4.69) is 21.2 Å². The Morgan fingerprint density at radius 2 is 2.15 bits per heavy atom. The standard InChI is InChI=1S/C19H17BrN2O4S/c1-4-26-19(24)17-11(2)13(10-21)18(27-17)22-16(23)8-6-12-5-7-15(25-3)14(20)9-12/h5-9H,4H2,1-3H3,(H,22,23)/b8-6+. The summed E-state index contributed by atoms with van der Waals surface area (Å²) in [7, 11) is 1.57. The number of nitrogens with zero attached hydrogens (tertiary/aromatic N) is 1. The van der Waals surface area contributed by atoms with Gasteiger partial charge < -0.3 is 14.8 Å². The molecular formula is C19H17BrN2O4S. The van der Waals surface area contributed by atoms with Crippen LogP contribution in [0.25, 0.3) is 6.08 Å². The molecule has 0 aliphatic carbocycles. The van der Waals surface area contributed by atoms with Crippen LogP contribution in [0.1, 0.15) is 33.3 Å². The summed E-state index contributed by atoms with van der Waals surface area (Å²) in [6, 6.07) is 7.43. The Hall–Kier alpha value is -2.63. The highest BCUT2D eigenvalue weighted by Crippen LogP contribution is 2.33. The molecule has 1 heterocycles. The van der Waals surface area contributed by atoms with Crippen molar-refractivity contribution in [1.29, 1.82) is 5.26 Å². The fourth-order valence-corrected chi connectivity index (χ4v) is 3.85. The first-order chi connectivity index (χ1) is 12.9. The SMILES string of the molecule is CCOC(=O)c1sc(NC(=O)/C=C/c2ccc(OC)c(Br)c2)c(C#N)c1C. The van der Waals surface area contributed by atoms with Crippen molar-refractivity contribution in [3.8, 4) is 11.8 Å². The van der Waals surface area contributed by atoms with E-state index in [-0.39, 0.29) is 12.2 Å². The third-order valence-corrected chi connectivity index (χ3v) is 5.37. The van der Waals surface area contributed by atoms with Crippen LogP contribution >= 0.6 is 27.3 Å². The molecule has 0 aliphatic rings. The summed E-state index contributed by atoms with van der Waals surface area (Å²) >= 11 is 4.42. The van der Waals surface area contributed by atoms with E-state index in [1.807, 2.05) is 18.2 Å². The van der Waals surface area contributed by atoms with E-state index in [4.69, 9.17) is 9.47 Å². The molecule has 0 saturated heterocycles. The Kier molecular flexibility index (Phi) is 7.16. The number of benzene rings is 1.